The maximum absolute atomic E-state index is 3.86. The molecule has 0 saturated carbocycles. The molecule has 0 amide bonds. The van der Waals surface area contributed by atoms with E-state index in [0.717, 1.165) is 12.8 Å². The van der Waals surface area contributed by atoms with E-state index in [-0.39, 0.29) is 5.41 Å². The number of aromatic nitrogens is 1. The van der Waals surface area contributed by atoms with Crippen LogP contribution in [0.2, 0.25) is 0 Å². The Kier molecular flexibility index (Phi) is 4.66. The molecule has 0 bridgehead atoms. The van der Waals surface area contributed by atoms with Gasteiger partial charge in [-0.15, -0.1) is 0 Å². The van der Waals surface area contributed by atoms with Crippen LogP contribution in [0.3, 0.4) is 0 Å². The molecule has 0 spiro atoms. The number of rotatable bonds is 3. The van der Waals surface area contributed by atoms with Crippen LogP contribution < -0.4 is 5.32 Å². The van der Waals surface area contributed by atoms with E-state index >= 15 is 0 Å². The van der Waals surface area contributed by atoms with Crippen molar-refractivity contribution in [3.05, 3.63) is 101 Å². The van der Waals surface area contributed by atoms with Gasteiger partial charge in [0.05, 0.1) is 0 Å². The van der Waals surface area contributed by atoms with E-state index in [1.54, 1.807) is 0 Å². The summed E-state index contributed by atoms with van der Waals surface area (Å²) in [5.41, 5.74) is 8.25. The van der Waals surface area contributed by atoms with Crippen molar-refractivity contribution in [3.8, 4) is 0 Å². The van der Waals surface area contributed by atoms with Crippen molar-refractivity contribution in [3.63, 3.8) is 0 Å². The first-order valence-electron chi connectivity index (χ1n) is 11.0. The molecule has 1 aliphatic rings. The second kappa shape index (κ2) is 7.36. The van der Waals surface area contributed by atoms with Gasteiger partial charge in [0.2, 0.25) is 0 Å². The lowest BCUT2D eigenvalue weighted by atomic mass is 9.76. The summed E-state index contributed by atoms with van der Waals surface area (Å²) in [5, 5.41) is 5.21. The SMILES string of the molecule is CC(C)(C)c1ccc(C2c3c([nH]c4ccccc34)CCC2Nc2ccccc2)cc1. The molecule has 0 radical (unpaired) electrons. The molecule has 1 aromatic heterocycles. The van der Waals surface area contributed by atoms with Crippen LogP contribution in [0.4, 0.5) is 5.69 Å². The van der Waals surface area contributed by atoms with E-state index in [1.165, 1.54) is 39.0 Å². The number of aryl methyl sites for hydroxylation is 1. The number of hydrogen-bond donors (Lipinski definition) is 2. The Labute approximate surface area is 179 Å². The topological polar surface area (TPSA) is 27.8 Å². The zero-order valence-corrected chi connectivity index (χ0v) is 18.1. The maximum atomic E-state index is 3.86. The fourth-order valence-electron chi connectivity index (χ4n) is 4.93. The predicted octanol–water partition coefficient (Wildman–Crippen LogP) is 7.02. The van der Waals surface area contributed by atoms with Crippen LogP contribution in [-0.4, -0.2) is 11.0 Å². The van der Waals surface area contributed by atoms with E-state index in [4.69, 9.17) is 0 Å². The molecule has 0 aliphatic heterocycles. The third-order valence-corrected chi connectivity index (χ3v) is 6.51. The summed E-state index contributed by atoms with van der Waals surface area (Å²) in [6.07, 6.45) is 2.19. The molecule has 2 heteroatoms. The molecule has 2 nitrogen and oxygen atoms in total. The van der Waals surface area contributed by atoms with Crippen molar-refractivity contribution >= 4 is 16.6 Å². The van der Waals surface area contributed by atoms with Gasteiger partial charge in [-0.25, -0.2) is 0 Å². The lowest BCUT2D eigenvalue weighted by molar-refractivity contribution is 0.547. The highest BCUT2D eigenvalue weighted by Crippen LogP contribution is 2.42. The van der Waals surface area contributed by atoms with Gasteiger partial charge in [0.25, 0.3) is 0 Å². The summed E-state index contributed by atoms with van der Waals surface area (Å²) < 4.78 is 0. The Hall–Kier alpha value is -3.00. The Bertz CT molecular complexity index is 1150. The van der Waals surface area contributed by atoms with Crippen LogP contribution in [0.1, 0.15) is 55.5 Å². The highest BCUT2D eigenvalue weighted by molar-refractivity contribution is 5.86. The molecular formula is C28H30N2. The molecule has 152 valence electrons. The number of anilines is 1. The fraction of sp³-hybridized carbons (Fsp3) is 0.286. The minimum Gasteiger partial charge on any atom is -0.381 e. The highest BCUT2D eigenvalue weighted by atomic mass is 14.9. The van der Waals surface area contributed by atoms with Gasteiger partial charge in [0.15, 0.2) is 0 Å². The number of H-pyrrole nitrogens is 1. The summed E-state index contributed by atoms with van der Waals surface area (Å²) >= 11 is 0. The van der Waals surface area contributed by atoms with Crippen LogP contribution in [0.25, 0.3) is 10.9 Å². The lowest BCUT2D eigenvalue weighted by Gasteiger charge is -2.34. The van der Waals surface area contributed by atoms with Crippen molar-refractivity contribution < 1.29 is 0 Å². The maximum Gasteiger partial charge on any atom is 0.0459 e. The Morgan fingerprint density at radius 2 is 1.53 bits per heavy atom. The van der Waals surface area contributed by atoms with Crippen molar-refractivity contribution in [2.75, 3.05) is 5.32 Å². The molecular weight excluding hydrogens is 364 g/mol. The molecule has 0 fully saturated rings. The lowest BCUT2D eigenvalue weighted by Crippen LogP contribution is -2.33. The van der Waals surface area contributed by atoms with Gasteiger partial charge < -0.3 is 10.3 Å². The first-order chi connectivity index (χ1) is 14.5. The average Bonchev–Trinajstić information content (AvgIpc) is 3.13. The van der Waals surface area contributed by atoms with Crippen molar-refractivity contribution in [2.24, 2.45) is 0 Å². The normalized spacial score (nSPS) is 18.9. The van der Waals surface area contributed by atoms with Crippen LogP contribution in [-0.2, 0) is 11.8 Å². The van der Waals surface area contributed by atoms with Crippen LogP contribution in [0, 0.1) is 0 Å². The van der Waals surface area contributed by atoms with Gasteiger partial charge in [-0.05, 0) is 53.1 Å². The van der Waals surface area contributed by atoms with E-state index in [0.29, 0.717) is 12.0 Å². The smallest absolute Gasteiger partial charge is 0.0459 e. The average molecular weight is 395 g/mol. The third kappa shape index (κ3) is 3.41. The largest absolute Gasteiger partial charge is 0.381 e. The molecule has 3 aromatic carbocycles. The second-order valence-corrected chi connectivity index (χ2v) is 9.57. The summed E-state index contributed by atoms with van der Waals surface area (Å²) in [6, 6.07) is 29.1. The first kappa shape index (κ1) is 19.0. The van der Waals surface area contributed by atoms with Crippen molar-refractivity contribution in [2.45, 2.75) is 51.0 Å². The van der Waals surface area contributed by atoms with Gasteiger partial charge in [-0.3, -0.25) is 0 Å². The quantitative estimate of drug-likeness (QED) is 0.384. The Balaban J connectivity index is 1.62. The van der Waals surface area contributed by atoms with E-state index in [9.17, 15) is 0 Å². The fourth-order valence-corrected chi connectivity index (χ4v) is 4.93. The summed E-state index contributed by atoms with van der Waals surface area (Å²) in [4.78, 5) is 3.71. The molecule has 2 N–H and O–H groups in total. The van der Waals surface area contributed by atoms with Crippen LogP contribution in [0.15, 0.2) is 78.9 Å². The Morgan fingerprint density at radius 3 is 2.27 bits per heavy atom. The van der Waals surface area contributed by atoms with Crippen LogP contribution >= 0.6 is 0 Å². The predicted molar refractivity (Wildman–Crippen MR) is 127 cm³/mol. The zero-order chi connectivity index (χ0) is 20.7. The van der Waals surface area contributed by atoms with Crippen LogP contribution in [0.5, 0.6) is 0 Å². The first-order valence-corrected chi connectivity index (χ1v) is 11.0. The number of para-hydroxylation sites is 2. The Morgan fingerprint density at radius 1 is 0.833 bits per heavy atom. The van der Waals surface area contributed by atoms with E-state index < -0.39 is 0 Å². The summed E-state index contributed by atoms with van der Waals surface area (Å²) in [7, 11) is 0. The summed E-state index contributed by atoms with van der Waals surface area (Å²) in [5.74, 6) is 0.319. The molecule has 5 rings (SSSR count). The van der Waals surface area contributed by atoms with Crippen molar-refractivity contribution in [1.29, 1.82) is 0 Å². The van der Waals surface area contributed by atoms with Gasteiger partial charge >= 0.3 is 0 Å². The number of benzene rings is 3. The number of hydrogen-bond acceptors (Lipinski definition) is 1. The zero-order valence-electron chi connectivity index (χ0n) is 18.1. The molecule has 2 atom stereocenters. The van der Waals surface area contributed by atoms with E-state index in [1.807, 2.05) is 0 Å². The minimum absolute atomic E-state index is 0.165. The molecule has 2 unspecified atom stereocenters. The molecule has 4 aromatic rings. The van der Waals surface area contributed by atoms with Gasteiger partial charge in [0, 0.05) is 34.2 Å². The third-order valence-electron chi connectivity index (χ3n) is 6.51. The molecule has 30 heavy (non-hydrogen) atoms. The van der Waals surface area contributed by atoms with Crippen molar-refractivity contribution in [1.82, 2.24) is 4.98 Å². The number of fused-ring (bicyclic) bond motifs is 3. The number of nitrogens with one attached hydrogen (secondary N) is 2. The monoisotopic (exact) mass is 394 g/mol. The molecule has 0 saturated heterocycles. The summed E-state index contributed by atoms with van der Waals surface area (Å²) in [6.45, 7) is 6.83. The minimum atomic E-state index is 0.165. The highest BCUT2D eigenvalue weighted by Gasteiger charge is 2.34. The van der Waals surface area contributed by atoms with E-state index in [2.05, 4.69) is 110 Å². The van der Waals surface area contributed by atoms with Gasteiger partial charge in [0.1, 0.15) is 0 Å². The van der Waals surface area contributed by atoms with Gasteiger partial charge in [-0.2, -0.15) is 0 Å². The standard InChI is InChI=1S/C28H30N2/c1-28(2,3)20-15-13-19(14-16-20)26-24(29-21-9-5-4-6-10-21)17-18-25-27(26)22-11-7-8-12-23(22)30-25/h4-16,24,26,29-30H,17-18H2,1-3H3. The number of aromatic amines is 1. The van der Waals surface area contributed by atoms with Gasteiger partial charge in [-0.1, -0.05) is 81.4 Å². The molecule has 1 heterocycles. The molecule has 1 aliphatic carbocycles. The second-order valence-electron chi connectivity index (χ2n) is 9.57.